The maximum atomic E-state index is 13.1. The molecule has 0 saturated heterocycles. The molecule has 0 atom stereocenters. The van der Waals surface area contributed by atoms with Gasteiger partial charge in [0.15, 0.2) is 0 Å². The molecule has 0 radical (unpaired) electrons. The number of unbranched alkanes of at least 4 members (excludes halogenated alkanes) is 11. The SMILES string of the molecule is CCCCCCCCC=CCCCCCCCC(=O)NCCOCCNC(=O)c1cc(C2CC(O)(c3ccc(OCc4c(-c5c(Cl)cccc5Cl)noc4C4CC4)cc3Cl)C2)n(C(C)C)n1. The largest absolute Gasteiger partial charge is 0.489 e. The summed E-state index contributed by atoms with van der Waals surface area (Å²) in [7, 11) is 0. The average Bonchev–Trinajstić information content (AvgIpc) is 3.89. The molecule has 6 rings (SSSR count). The first-order valence-corrected chi connectivity index (χ1v) is 25.6. The zero-order chi connectivity index (χ0) is 46.9. The van der Waals surface area contributed by atoms with Crippen LogP contribution in [0.3, 0.4) is 0 Å². The fourth-order valence-corrected chi connectivity index (χ4v) is 9.65. The van der Waals surface area contributed by atoms with Gasteiger partial charge in [-0.25, -0.2) is 0 Å². The number of aliphatic hydroxyl groups is 1. The Morgan fingerprint density at radius 3 is 2.17 bits per heavy atom. The van der Waals surface area contributed by atoms with E-state index in [1.165, 1.54) is 57.8 Å². The maximum Gasteiger partial charge on any atom is 0.271 e. The van der Waals surface area contributed by atoms with Gasteiger partial charge in [-0.2, -0.15) is 5.10 Å². The molecule has 2 aliphatic carbocycles. The molecule has 0 bridgehead atoms. The highest BCUT2D eigenvalue weighted by molar-refractivity contribution is 6.39. The van der Waals surface area contributed by atoms with Gasteiger partial charge in [-0.15, -0.1) is 0 Å². The van der Waals surface area contributed by atoms with Gasteiger partial charge in [-0.1, -0.05) is 123 Å². The van der Waals surface area contributed by atoms with Crippen molar-refractivity contribution in [2.75, 3.05) is 26.3 Å². The third-order valence-corrected chi connectivity index (χ3v) is 13.6. The van der Waals surface area contributed by atoms with Crippen molar-refractivity contribution < 1.29 is 28.7 Å². The van der Waals surface area contributed by atoms with Crippen LogP contribution in [-0.4, -0.2) is 58.2 Å². The number of hydrogen-bond acceptors (Lipinski definition) is 8. The molecule has 2 heterocycles. The molecule has 2 saturated carbocycles. The Hall–Kier alpha value is -3.87. The second kappa shape index (κ2) is 26.0. The summed E-state index contributed by atoms with van der Waals surface area (Å²) in [5, 5.41) is 27.9. The Labute approximate surface area is 406 Å². The Morgan fingerprint density at radius 2 is 1.52 bits per heavy atom. The van der Waals surface area contributed by atoms with E-state index in [2.05, 4.69) is 40.0 Å². The highest BCUT2D eigenvalue weighted by Crippen LogP contribution is 2.53. The molecule has 2 aromatic carbocycles. The lowest BCUT2D eigenvalue weighted by Crippen LogP contribution is -2.41. The number of nitrogens with zero attached hydrogens (tertiary/aromatic N) is 3. The van der Waals surface area contributed by atoms with E-state index < -0.39 is 5.60 Å². The van der Waals surface area contributed by atoms with E-state index in [1.54, 1.807) is 30.3 Å². The molecule has 0 unspecified atom stereocenters. The third-order valence-electron chi connectivity index (χ3n) is 12.6. The minimum Gasteiger partial charge on any atom is -0.489 e. The summed E-state index contributed by atoms with van der Waals surface area (Å²) in [4.78, 5) is 25.4. The summed E-state index contributed by atoms with van der Waals surface area (Å²) in [6, 6.07) is 12.5. The highest BCUT2D eigenvalue weighted by Gasteiger charge is 2.47. The van der Waals surface area contributed by atoms with Crippen LogP contribution in [0.5, 0.6) is 5.75 Å². The molecule has 14 heteroatoms. The molecule has 66 heavy (non-hydrogen) atoms. The first-order chi connectivity index (χ1) is 32.0. The highest BCUT2D eigenvalue weighted by atomic mass is 35.5. The number of halogens is 3. The van der Waals surface area contributed by atoms with E-state index in [0.29, 0.717) is 88.9 Å². The van der Waals surface area contributed by atoms with Gasteiger partial charge >= 0.3 is 0 Å². The molecule has 3 N–H and O–H groups in total. The number of nitrogens with one attached hydrogen (secondary N) is 2. The third kappa shape index (κ3) is 14.8. The standard InChI is InChI=1S/C52H70Cl3N5O6/c1-4-5-6-7-8-9-10-11-12-13-14-15-16-17-18-22-47(61)56-27-29-64-30-28-57-51(62)45-32-46(60(58-45)36(2)3)38-33-52(63,34-38)41-26-25-39(31-44(41)55)65-35-40-49(59-66-50(40)37-23-24-37)48-42(53)20-19-21-43(48)54/h11-12,19-21,25-26,31-32,36-38,63H,4-10,13-18,22-24,27-30,33-35H2,1-3H3,(H,56,61)(H,57,62). The van der Waals surface area contributed by atoms with Gasteiger partial charge in [0, 0.05) is 54.2 Å². The summed E-state index contributed by atoms with van der Waals surface area (Å²) < 4.78 is 19.6. The maximum absolute atomic E-state index is 13.1. The van der Waals surface area contributed by atoms with Crippen molar-refractivity contribution in [3.8, 4) is 17.0 Å². The zero-order valence-electron chi connectivity index (χ0n) is 39.2. The summed E-state index contributed by atoms with van der Waals surface area (Å²) >= 11 is 19.9. The van der Waals surface area contributed by atoms with Gasteiger partial charge in [-0.05, 0) is 102 Å². The summed E-state index contributed by atoms with van der Waals surface area (Å²) in [5.74, 6) is 1.32. The van der Waals surface area contributed by atoms with E-state index in [1.807, 2.05) is 30.7 Å². The van der Waals surface area contributed by atoms with Crippen molar-refractivity contribution in [1.82, 2.24) is 25.6 Å². The van der Waals surface area contributed by atoms with Gasteiger partial charge in [0.05, 0.1) is 39.4 Å². The van der Waals surface area contributed by atoms with Crippen LogP contribution >= 0.6 is 34.8 Å². The van der Waals surface area contributed by atoms with Crippen LogP contribution in [0.2, 0.25) is 15.1 Å². The Morgan fingerprint density at radius 1 is 0.864 bits per heavy atom. The molecule has 360 valence electrons. The molecular formula is C52H70Cl3N5O6. The van der Waals surface area contributed by atoms with Crippen molar-refractivity contribution in [2.45, 2.75) is 166 Å². The number of ether oxygens (including phenoxy) is 2. The number of aromatic nitrogens is 3. The average molecular weight is 968 g/mol. The quantitative estimate of drug-likeness (QED) is 0.0347. The topological polar surface area (TPSA) is 141 Å². The van der Waals surface area contributed by atoms with Crippen LogP contribution in [0.25, 0.3) is 11.3 Å². The molecule has 0 spiro atoms. The van der Waals surface area contributed by atoms with Crippen molar-refractivity contribution in [3.05, 3.63) is 98.0 Å². The predicted octanol–water partition coefficient (Wildman–Crippen LogP) is 13.2. The first-order valence-electron chi connectivity index (χ1n) is 24.4. The Kier molecular flexibility index (Phi) is 20.3. The summed E-state index contributed by atoms with van der Waals surface area (Å²) in [5.41, 5.74) is 2.63. The van der Waals surface area contributed by atoms with Crippen LogP contribution in [0.15, 0.2) is 59.1 Å². The monoisotopic (exact) mass is 965 g/mol. The lowest BCUT2D eigenvalue weighted by atomic mass is 9.66. The number of allylic oxidation sites excluding steroid dienone is 2. The van der Waals surface area contributed by atoms with Gasteiger partial charge in [0.2, 0.25) is 5.91 Å². The van der Waals surface area contributed by atoms with Crippen molar-refractivity contribution in [2.24, 2.45) is 0 Å². The van der Waals surface area contributed by atoms with Crippen molar-refractivity contribution >= 4 is 46.6 Å². The lowest BCUT2D eigenvalue weighted by molar-refractivity contribution is -0.121. The number of rotatable bonds is 30. The number of carbonyl (C=O) groups excluding carboxylic acids is 2. The Bertz CT molecular complexity index is 2170. The zero-order valence-corrected chi connectivity index (χ0v) is 41.4. The van der Waals surface area contributed by atoms with Crippen LogP contribution < -0.4 is 15.4 Å². The fourth-order valence-electron chi connectivity index (χ4n) is 8.73. The van der Waals surface area contributed by atoms with Gasteiger partial charge in [0.1, 0.15) is 29.5 Å². The molecule has 2 aromatic heterocycles. The van der Waals surface area contributed by atoms with E-state index in [0.717, 1.165) is 55.5 Å². The minimum atomic E-state index is -1.16. The van der Waals surface area contributed by atoms with Crippen LogP contribution in [-0.2, 0) is 21.7 Å². The summed E-state index contributed by atoms with van der Waals surface area (Å²) in [6.45, 7) is 7.90. The fraction of sp³-hybridized carbons (Fsp3) is 0.577. The van der Waals surface area contributed by atoms with Gasteiger partial charge < -0.3 is 29.7 Å². The van der Waals surface area contributed by atoms with Crippen molar-refractivity contribution in [3.63, 3.8) is 0 Å². The number of amides is 2. The van der Waals surface area contributed by atoms with Crippen LogP contribution in [0.1, 0.15) is 187 Å². The summed E-state index contributed by atoms with van der Waals surface area (Å²) in [6.07, 6.45) is 24.1. The predicted molar refractivity (Wildman–Crippen MR) is 264 cm³/mol. The lowest BCUT2D eigenvalue weighted by Gasteiger charge is -2.44. The second-order valence-electron chi connectivity index (χ2n) is 18.4. The van der Waals surface area contributed by atoms with E-state index in [9.17, 15) is 14.7 Å². The molecule has 0 aliphatic heterocycles. The first kappa shape index (κ1) is 51.5. The normalized spacial score (nSPS) is 17.1. The van der Waals surface area contributed by atoms with Crippen molar-refractivity contribution in [1.29, 1.82) is 0 Å². The van der Waals surface area contributed by atoms with E-state index >= 15 is 0 Å². The smallest absolute Gasteiger partial charge is 0.271 e. The second-order valence-corrected chi connectivity index (χ2v) is 19.6. The molecule has 2 aliphatic rings. The molecule has 4 aromatic rings. The molecule has 11 nitrogen and oxygen atoms in total. The Balaban J connectivity index is 0.865. The van der Waals surface area contributed by atoms with Crippen LogP contribution in [0.4, 0.5) is 0 Å². The number of hydrogen-bond donors (Lipinski definition) is 3. The molecule has 2 fully saturated rings. The van der Waals surface area contributed by atoms with E-state index in [4.69, 9.17) is 48.8 Å². The molecule has 2 amide bonds. The van der Waals surface area contributed by atoms with Gasteiger partial charge in [0.25, 0.3) is 5.91 Å². The molecular weight excluding hydrogens is 897 g/mol. The number of benzene rings is 2. The minimum absolute atomic E-state index is 0.00555. The van der Waals surface area contributed by atoms with Crippen LogP contribution in [0, 0.1) is 0 Å². The van der Waals surface area contributed by atoms with E-state index in [-0.39, 0.29) is 36.3 Å². The number of carbonyl (C=O) groups is 2. The van der Waals surface area contributed by atoms with Gasteiger partial charge in [-0.3, -0.25) is 14.3 Å².